The van der Waals surface area contributed by atoms with Crippen LogP contribution in [-0.2, 0) is 0 Å². The quantitative estimate of drug-likeness (QED) is 0.146. The summed E-state index contributed by atoms with van der Waals surface area (Å²) < 4.78 is 8.21. The van der Waals surface area contributed by atoms with Crippen molar-refractivity contribution in [2.24, 2.45) is 0 Å². The van der Waals surface area contributed by atoms with Gasteiger partial charge in [0.1, 0.15) is 0 Å². The van der Waals surface area contributed by atoms with Crippen molar-refractivity contribution in [3.8, 4) is 6.07 Å². The molecular formula is C19H13NS6. The Morgan fingerprint density at radius 2 is 1.85 bits per heavy atom. The third kappa shape index (κ3) is 3.09. The molecular weight excluding hydrogens is 435 g/mol. The van der Waals surface area contributed by atoms with E-state index in [1.807, 2.05) is 60.0 Å². The summed E-state index contributed by atoms with van der Waals surface area (Å²) in [6.45, 7) is 3.87. The lowest BCUT2D eigenvalue weighted by Gasteiger charge is -1.95. The zero-order chi connectivity index (χ0) is 18.3. The smallest absolute Gasteiger partial charge is 0.0944 e. The second-order valence-corrected chi connectivity index (χ2v) is 10.9. The van der Waals surface area contributed by atoms with Crippen molar-refractivity contribution in [2.75, 3.05) is 0 Å². The van der Waals surface area contributed by atoms with E-state index in [9.17, 15) is 0 Å². The number of hydrogen-bond acceptors (Lipinski definition) is 7. The Morgan fingerprint density at radius 1 is 1.12 bits per heavy atom. The summed E-state index contributed by atoms with van der Waals surface area (Å²) in [5.74, 6) is 0. The number of fused-ring (bicyclic) bond motifs is 5. The third-order valence-electron chi connectivity index (χ3n) is 3.69. The Balaban J connectivity index is 1.92. The fraction of sp³-hybridized carbons (Fsp3) is 0.105. The number of nitriles is 1. The van der Waals surface area contributed by atoms with Gasteiger partial charge in [0.15, 0.2) is 0 Å². The fourth-order valence-corrected chi connectivity index (χ4v) is 9.63. The Morgan fingerprint density at radius 3 is 2.62 bits per heavy atom. The second kappa shape index (κ2) is 7.55. The molecule has 7 heteroatoms. The highest BCUT2D eigenvalue weighted by molar-refractivity contribution is 8.02. The largest absolute Gasteiger partial charge is 0.193 e. The van der Waals surface area contributed by atoms with Gasteiger partial charge in [-0.3, -0.25) is 0 Å². The fourth-order valence-electron chi connectivity index (χ4n) is 2.52. The van der Waals surface area contributed by atoms with Crippen LogP contribution in [0.25, 0.3) is 34.3 Å². The Labute approximate surface area is 177 Å². The van der Waals surface area contributed by atoms with Crippen LogP contribution in [0.1, 0.15) is 18.7 Å². The van der Waals surface area contributed by atoms with Gasteiger partial charge < -0.3 is 0 Å². The van der Waals surface area contributed by atoms with E-state index < -0.39 is 0 Å². The molecule has 0 N–H and O–H groups in total. The van der Waals surface area contributed by atoms with E-state index in [1.54, 1.807) is 23.1 Å². The minimum Gasteiger partial charge on any atom is -0.193 e. The molecule has 0 unspecified atom stereocenters. The normalized spacial score (nSPS) is 13.2. The van der Waals surface area contributed by atoms with Crippen molar-refractivity contribution >= 4 is 104 Å². The monoisotopic (exact) mass is 447 g/mol. The van der Waals surface area contributed by atoms with Gasteiger partial charge in [0.25, 0.3) is 0 Å². The summed E-state index contributed by atoms with van der Waals surface area (Å²) in [4.78, 5) is 3.65. The van der Waals surface area contributed by atoms with Crippen LogP contribution in [0.4, 0.5) is 0 Å². The van der Waals surface area contributed by atoms with Crippen molar-refractivity contribution in [2.45, 2.75) is 23.6 Å². The molecule has 0 spiro atoms. The molecule has 0 fully saturated rings. The number of thiol groups is 1. The predicted octanol–water partition coefficient (Wildman–Crippen LogP) is 8.79. The molecule has 26 heavy (non-hydrogen) atoms. The van der Waals surface area contributed by atoms with Gasteiger partial charge in [-0.2, -0.15) is 5.26 Å². The van der Waals surface area contributed by atoms with Crippen LogP contribution in [0.5, 0.6) is 0 Å². The van der Waals surface area contributed by atoms with E-state index in [1.165, 1.54) is 38.0 Å². The Bertz CT molecular complexity index is 1250. The van der Waals surface area contributed by atoms with Crippen molar-refractivity contribution in [3.05, 3.63) is 39.5 Å². The van der Waals surface area contributed by atoms with Gasteiger partial charge in [0.05, 0.1) is 34.3 Å². The second-order valence-electron chi connectivity index (χ2n) is 5.50. The molecule has 0 aliphatic rings. The van der Waals surface area contributed by atoms with Gasteiger partial charge in [0.2, 0.25) is 0 Å². The molecule has 0 atom stereocenters. The minimum atomic E-state index is 0.712. The van der Waals surface area contributed by atoms with Gasteiger partial charge in [-0.25, -0.2) is 0 Å². The minimum absolute atomic E-state index is 0.712. The van der Waals surface area contributed by atoms with Crippen LogP contribution < -0.4 is 0 Å². The molecule has 4 rings (SSSR count). The summed E-state index contributed by atoms with van der Waals surface area (Å²) >= 11 is 13.8. The molecule has 0 saturated carbocycles. The molecule has 0 radical (unpaired) electrons. The van der Waals surface area contributed by atoms with Crippen molar-refractivity contribution in [3.63, 3.8) is 0 Å². The van der Waals surface area contributed by atoms with Crippen LogP contribution in [0.3, 0.4) is 0 Å². The summed E-state index contributed by atoms with van der Waals surface area (Å²) in [6, 6.07) is 2.16. The van der Waals surface area contributed by atoms with E-state index in [0.29, 0.717) is 5.57 Å². The summed E-state index contributed by atoms with van der Waals surface area (Å²) in [7, 11) is 0. The molecule has 4 aromatic rings. The number of nitrogens with zero attached hydrogens (tertiary/aromatic N) is 1. The SMILES string of the molecule is C/C=C\Sc1c(/C=C/C=C(/C)C#N)sc2c1sc1c3scc(S)c3sc21. The lowest BCUT2D eigenvalue weighted by molar-refractivity contribution is 1.44. The van der Waals surface area contributed by atoms with Gasteiger partial charge in [-0.05, 0) is 31.4 Å². The maximum atomic E-state index is 8.91. The molecule has 130 valence electrons. The maximum absolute atomic E-state index is 8.91. The maximum Gasteiger partial charge on any atom is 0.0944 e. The number of thiophene rings is 4. The highest BCUT2D eigenvalue weighted by Gasteiger charge is 2.20. The zero-order valence-electron chi connectivity index (χ0n) is 13.9. The van der Waals surface area contributed by atoms with Crippen LogP contribution in [0, 0.1) is 11.3 Å². The molecule has 4 aromatic heterocycles. The molecule has 0 amide bonds. The molecule has 0 aliphatic heterocycles. The van der Waals surface area contributed by atoms with Gasteiger partial charge in [0, 0.05) is 25.6 Å². The lowest BCUT2D eigenvalue weighted by atomic mass is 10.3. The zero-order valence-corrected chi connectivity index (χ0v) is 18.9. The topological polar surface area (TPSA) is 23.8 Å². The van der Waals surface area contributed by atoms with Crippen molar-refractivity contribution < 1.29 is 0 Å². The molecule has 0 bridgehead atoms. The first-order chi connectivity index (χ1) is 12.6. The van der Waals surface area contributed by atoms with Gasteiger partial charge in [-0.1, -0.05) is 23.9 Å². The van der Waals surface area contributed by atoms with E-state index in [2.05, 4.69) is 41.6 Å². The standard InChI is InChI=1S/C19H13NS6/c1-3-7-22-14-12(6-4-5-10(2)8-20)24-18-16(14)26-17-15-13(25-19(17)18)11(21)9-23-15/h3-7,9,21H,1-2H3/b6-4+,7-3-,10-5-. The first kappa shape index (κ1) is 18.4. The summed E-state index contributed by atoms with van der Waals surface area (Å²) in [5.41, 5.74) is 0.712. The molecule has 0 aromatic carbocycles. The first-order valence-electron chi connectivity index (χ1n) is 7.74. The third-order valence-corrected chi connectivity index (χ3v) is 11.0. The lowest BCUT2D eigenvalue weighted by Crippen LogP contribution is -1.68. The molecule has 0 aliphatic carbocycles. The average Bonchev–Trinajstić information content (AvgIpc) is 3.34. The van der Waals surface area contributed by atoms with E-state index in [-0.39, 0.29) is 0 Å². The summed E-state index contributed by atoms with van der Waals surface area (Å²) in [6.07, 6.45) is 8.03. The summed E-state index contributed by atoms with van der Waals surface area (Å²) in [5, 5.41) is 13.2. The van der Waals surface area contributed by atoms with E-state index >= 15 is 0 Å². The van der Waals surface area contributed by atoms with Crippen molar-refractivity contribution in [1.82, 2.24) is 0 Å². The predicted molar refractivity (Wildman–Crippen MR) is 127 cm³/mol. The Kier molecular flexibility index (Phi) is 5.33. The average molecular weight is 448 g/mol. The van der Waals surface area contributed by atoms with Crippen LogP contribution >= 0.6 is 69.7 Å². The van der Waals surface area contributed by atoms with E-state index in [0.717, 1.165) is 4.90 Å². The van der Waals surface area contributed by atoms with Crippen LogP contribution in [0.15, 0.2) is 44.4 Å². The molecule has 0 saturated heterocycles. The highest BCUT2D eigenvalue weighted by Crippen LogP contribution is 2.53. The van der Waals surface area contributed by atoms with Crippen molar-refractivity contribution in [1.29, 1.82) is 5.26 Å². The van der Waals surface area contributed by atoms with Crippen LogP contribution in [0.2, 0.25) is 0 Å². The van der Waals surface area contributed by atoms with E-state index in [4.69, 9.17) is 5.26 Å². The number of allylic oxidation sites excluding steroid dienone is 4. The van der Waals surface area contributed by atoms with Crippen LogP contribution in [-0.4, -0.2) is 0 Å². The highest BCUT2D eigenvalue weighted by atomic mass is 32.2. The number of thioether (sulfide) groups is 1. The molecule has 4 heterocycles. The molecule has 1 nitrogen and oxygen atoms in total. The first-order valence-corrected chi connectivity index (χ1v) is 12.4. The number of rotatable bonds is 4. The Hall–Kier alpha value is -1.01. The number of hydrogen-bond donors (Lipinski definition) is 1. The van der Waals surface area contributed by atoms with Gasteiger partial charge in [-0.15, -0.1) is 58.0 Å². The van der Waals surface area contributed by atoms with Gasteiger partial charge >= 0.3 is 0 Å².